The number of methoxy groups -OCH3 is 2. The summed E-state index contributed by atoms with van der Waals surface area (Å²) < 4.78 is 10.9. The van der Waals surface area contributed by atoms with E-state index >= 15 is 0 Å². The fraction of sp³-hybridized carbons (Fsp3) is 0.375. The molecule has 2 aromatic carbocycles. The van der Waals surface area contributed by atoms with Crippen molar-refractivity contribution in [1.29, 1.82) is 0 Å². The molecule has 0 bridgehead atoms. The lowest BCUT2D eigenvalue weighted by Crippen LogP contribution is -2.49. The first-order chi connectivity index (χ1) is 15.4. The van der Waals surface area contributed by atoms with Gasteiger partial charge in [0.2, 0.25) is 5.91 Å². The number of anilines is 1. The lowest BCUT2D eigenvalue weighted by Gasteiger charge is -2.40. The first kappa shape index (κ1) is 21.7. The number of rotatable bonds is 7. The largest absolute Gasteiger partial charge is 0.493 e. The molecule has 0 saturated carbocycles. The average Bonchev–Trinajstić information content (AvgIpc) is 3.09. The highest BCUT2D eigenvalue weighted by atomic mass is 16.5. The molecule has 4 rings (SSSR count). The second-order valence-corrected chi connectivity index (χ2v) is 8.28. The maximum Gasteiger partial charge on any atom is 0.264 e. The standard InChI is InChI=1S/C24H27N3O5/c1-14(2)13-25-19(28)11-12-26-22-16-9-10-18(31-3)21(32-4)20(16)24(30)27(22)17-8-6-5-7-15(17)23(26)29/h5-10,14,22H,11-13H2,1-4H3,(H,25,28)/t22-/m1/s1. The van der Waals surface area contributed by atoms with Crippen LogP contribution in [0.4, 0.5) is 5.69 Å². The summed E-state index contributed by atoms with van der Waals surface area (Å²) in [4.78, 5) is 42.6. The zero-order valence-electron chi connectivity index (χ0n) is 18.7. The van der Waals surface area contributed by atoms with Crippen LogP contribution in [0.1, 0.15) is 52.7 Å². The predicted octanol–water partition coefficient (Wildman–Crippen LogP) is 2.98. The summed E-state index contributed by atoms with van der Waals surface area (Å²) in [5.41, 5.74) is 2.00. The summed E-state index contributed by atoms with van der Waals surface area (Å²) in [7, 11) is 3.00. The van der Waals surface area contributed by atoms with Crippen LogP contribution in [0, 0.1) is 5.92 Å². The third-order valence-corrected chi connectivity index (χ3v) is 5.77. The van der Waals surface area contributed by atoms with Gasteiger partial charge in [0, 0.05) is 25.1 Å². The lowest BCUT2D eigenvalue weighted by atomic mass is 10.0. The number of ether oxygens (including phenoxy) is 2. The SMILES string of the molecule is COc1ccc2c(c1OC)C(=O)N1c3ccccc3C(=O)N(CCC(=O)NCC(C)C)[C@@H]21. The topological polar surface area (TPSA) is 88.2 Å². The highest BCUT2D eigenvalue weighted by molar-refractivity contribution is 6.18. The van der Waals surface area contributed by atoms with E-state index in [1.807, 2.05) is 13.8 Å². The van der Waals surface area contributed by atoms with Gasteiger partial charge in [-0.3, -0.25) is 19.3 Å². The summed E-state index contributed by atoms with van der Waals surface area (Å²) in [6.45, 7) is 4.79. The number of hydrogen-bond acceptors (Lipinski definition) is 5. The molecular weight excluding hydrogens is 410 g/mol. The number of carbonyl (C=O) groups excluding carboxylic acids is 3. The number of para-hydroxylation sites is 1. The maximum absolute atomic E-state index is 13.6. The molecule has 0 aromatic heterocycles. The molecule has 1 atom stereocenters. The van der Waals surface area contributed by atoms with Crippen molar-refractivity contribution in [2.45, 2.75) is 26.4 Å². The van der Waals surface area contributed by atoms with E-state index in [0.717, 1.165) is 0 Å². The number of nitrogens with one attached hydrogen (secondary N) is 1. The molecule has 168 valence electrons. The zero-order chi connectivity index (χ0) is 23.0. The normalized spacial score (nSPS) is 16.6. The van der Waals surface area contributed by atoms with Crippen molar-refractivity contribution in [2.75, 3.05) is 32.2 Å². The molecule has 2 aliphatic heterocycles. The first-order valence-corrected chi connectivity index (χ1v) is 10.6. The Bertz CT molecular complexity index is 1080. The van der Waals surface area contributed by atoms with Crippen LogP contribution in [0.5, 0.6) is 11.5 Å². The fourth-order valence-electron chi connectivity index (χ4n) is 4.28. The Labute approximate surface area is 187 Å². The van der Waals surface area contributed by atoms with Gasteiger partial charge >= 0.3 is 0 Å². The van der Waals surface area contributed by atoms with Crippen LogP contribution in [-0.4, -0.2) is 49.9 Å². The summed E-state index contributed by atoms with van der Waals surface area (Å²) >= 11 is 0. The van der Waals surface area contributed by atoms with Gasteiger partial charge in [-0.05, 0) is 24.1 Å². The molecule has 2 aromatic rings. The van der Waals surface area contributed by atoms with Gasteiger partial charge in [0.05, 0.1) is 31.0 Å². The third kappa shape index (κ3) is 3.45. The Morgan fingerprint density at radius 2 is 1.81 bits per heavy atom. The van der Waals surface area contributed by atoms with Gasteiger partial charge in [-0.15, -0.1) is 0 Å². The van der Waals surface area contributed by atoms with Crippen molar-refractivity contribution >= 4 is 23.4 Å². The lowest BCUT2D eigenvalue weighted by molar-refractivity contribution is -0.121. The molecule has 32 heavy (non-hydrogen) atoms. The van der Waals surface area contributed by atoms with Gasteiger partial charge < -0.3 is 19.7 Å². The highest BCUT2D eigenvalue weighted by Gasteiger charge is 2.49. The molecule has 1 N–H and O–H groups in total. The number of benzene rings is 2. The van der Waals surface area contributed by atoms with Crippen LogP contribution in [0.15, 0.2) is 36.4 Å². The Morgan fingerprint density at radius 1 is 1.06 bits per heavy atom. The van der Waals surface area contributed by atoms with Crippen LogP contribution >= 0.6 is 0 Å². The molecule has 2 heterocycles. The summed E-state index contributed by atoms with van der Waals surface area (Å²) in [6.07, 6.45) is -0.514. The van der Waals surface area contributed by atoms with Crippen molar-refractivity contribution in [3.63, 3.8) is 0 Å². The van der Waals surface area contributed by atoms with E-state index in [-0.39, 0.29) is 30.7 Å². The van der Waals surface area contributed by atoms with Crippen molar-refractivity contribution in [2.24, 2.45) is 5.92 Å². The fourth-order valence-corrected chi connectivity index (χ4v) is 4.28. The van der Waals surface area contributed by atoms with E-state index < -0.39 is 6.17 Å². The minimum atomic E-state index is -0.655. The molecule has 0 radical (unpaired) electrons. The van der Waals surface area contributed by atoms with E-state index in [1.54, 1.807) is 46.2 Å². The minimum Gasteiger partial charge on any atom is -0.493 e. The van der Waals surface area contributed by atoms with Crippen LogP contribution in [0.25, 0.3) is 0 Å². The molecule has 0 saturated heterocycles. The Morgan fingerprint density at radius 3 is 2.50 bits per heavy atom. The zero-order valence-corrected chi connectivity index (χ0v) is 18.7. The van der Waals surface area contributed by atoms with Crippen LogP contribution in [0.2, 0.25) is 0 Å². The van der Waals surface area contributed by atoms with Gasteiger partial charge in [0.15, 0.2) is 11.5 Å². The molecule has 0 fully saturated rings. The van der Waals surface area contributed by atoms with Crippen molar-refractivity contribution < 1.29 is 23.9 Å². The summed E-state index contributed by atoms with van der Waals surface area (Å²) in [5.74, 6) is 0.500. The average molecular weight is 437 g/mol. The maximum atomic E-state index is 13.6. The Hall–Kier alpha value is -3.55. The van der Waals surface area contributed by atoms with Crippen molar-refractivity contribution in [3.05, 3.63) is 53.1 Å². The quantitative estimate of drug-likeness (QED) is 0.720. The molecule has 2 aliphatic rings. The molecule has 8 heteroatoms. The van der Waals surface area contributed by atoms with Crippen molar-refractivity contribution in [1.82, 2.24) is 10.2 Å². The molecule has 0 spiro atoms. The highest BCUT2D eigenvalue weighted by Crippen LogP contribution is 2.49. The van der Waals surface area contributed by atoms with Crippen molar-refractivity contribution in [3.8, 4) is 11.5 Å². The second kappa shape index (κ2) is 8.53. The molecular formula is C24H27N3O5. The van der Waals surface area contributed by atoms with E-state index in [9.17, 15) is 14.4 Å². The third-order valence-electron chi connectivity index (χ3n) is 5.77. The number of hydrogen-bond donors (Lipinski definition) is 1. The first-order valence-electron chi connectivity index (χ1n) is 10.6. The van der Waals surface area contributed by atoms with E-state index in [1.165, 1.54) is 14.2 Å². The monoisotopic (exact) mass is 437 g/mol. The predicted molar refractivity (Wildman–Crippen MR) is 119 cm³/mol. The van der Waals surface area contributed by atoms with E-state index in [4.69, 9.17) is 9.47 Å². The molecule has 3 amide bonds. The van der Waals surface area contributed by atoms with Gasteiger partial charge in [-0.25, -0.2) is 0 Å². The Balaban J connectivity index is 1.76. The van der Waals surface area contributed by atoms with Gasteiger partial charge in [-0.1, -0.05) is 32.0 Å². The number of amides is 3. The van der Waals surface area contributed by atoms with E-state index in [0.29, 0.717) is 46.3 Å². The molecule has 0 aliphatic carbocycles. The van der Waals surface area contributed by atoms with Gasteiger partial charge in [0.25, 0.3) is 11.8 Å². The van der Waals surface area contributed by atoms with Gasteiger partial charge in [0.1, 0.15) is 6.17 Å². The number of fused-ring (bicyclic) bond motifs is 5. The summed E-state index contributed by atoms with van der Waals surface area (Å²) in [6, 6.07) is 10.5. The number of nitrogens with zero attached hydrogens (tertiary/aromatic N) is 2. The smallest absolute Gasteiger partial charge is 0.264 e. The minimum absolute atomic E-state index is 0.131. The van der Waals surface area contributed by atoms with Crippen LogP contribution in [0.3, 0.4) is 0 Å². The molecule has 0 unspecified atom stereocenters. The number of carbonyl (C=O) groups is 3. The van der Waals surface area contributed by atoms with E-state index in [2.05, 4.69) is 5.32 Å². The van der Waals surface area contributed by atoms with Gasteiger partial charge in [-0.2, -0.15) is 0 Å². The van der Waals surface area contributed by atoms with Crippen LogP contribution < -0.4 is 19.7 Å². The summed E-state index contributed by atoms with van der Waals surface area (Å²) in [5, 5.41) is 2.88. The Kier molecular flexibility index (Phi) is 5.78. The van der Waals surface area contributed by atoms with Crippen LogP contribution in [-0.2, 0) is 4.79 Å². The molecule has 8 nitrogen and oxygen atoms in total. The second-order valence-electron chi connectivity index (χ2n) is 8.28.